The lowest BCUT2D eigenvalue weighted by Gasteiger charge is -2.32. The summed E-state index contributed by atoms with van der Waals surface area (Å²) in [6.07, 6.45) is 1.82. The highest BCUT2D eigenvalue weighted by Gasteiger charge is 2.14. The maximum atomic E-state index is 11.8. The Morgan fingerprint density at radius 2 is 2.13 bits per heavy atom. The molecule has 2 N–H and O–H groups in total. The van der Waals surface area contributed by atoms with E-state index in [1.54, 1.807) is 18.2 Å². The van der Waals surface area contributed by atoms with Crippen molar-refractivity contribution in [1.29, 1.82) is 0 Å². The van der Waals surface area contributed by atoms with Crippen molar-refractivity contribution < 1.29 is 14.6 Å². The average molecular weight is 320 g/mol. The highest BCUT2D eigenvalue weighted by atomic mass is 16.5. The van der Waals surface area contributed by atoms with E-state index in [4.69, 9.17) is 4.74 Å². The second-order valence-electron chi connectivity index (χ2n) is 5.59. The van der Waals surface area contributed by atoms with Crippen molar-refractivity contribution >= 4 is 12.1 Å². The number of methoxy groups -OCH3 is 1. The van der Waals surface area contributed by atoms with Crippen molar-refractivity contribution in [3.8, 4) is 11.5 Å². The van der Waals surface area contributed by atoms with Crippen LogP contribution in [0.15, 0.2) is 23.3 Å². The molecule has 126 valence electrons. The van der Waals surface area contributed by atoms with E-state index in [9.17, 15) is 9.90 Å². The van der Waals surface area contributed by atoms with E-state index in [1.807, 2.05) is 0 Å². The Labute approximate surface area is 136 Å². The number of phenols is 1. The third-order valence-corrected chi connectivity index (χ3v) is 3.89. The second kappa shape index (κ2) is 8.50. The number of aromatic hydroxyl groups is 1. The summed E-state index contributed by atoms with van der Waals surface area (Å²) < 4.78 is 5.02. The molecule has 1 heterocycles. The van der Waals surface area contributed by atoms with Gasteiger partial charge in [0, 0.05) is 44.7 Å². The van der Waals surface area contributed by atoms with Gasteiger partial charge in [-0.1, -0.05) is 6.07 Å². The molecule has 0 atom stereocenters. The van der Waals surface area contributed by atoms with Gasteiger partial charge in [-0.25, -0.2) is 5.43 Å². The topological polar surface area (TPSA) is 77.4 Å². The lowest BCUT2D eigenvalue weighted by molar-refractivity contribution is -0.121. The Bertz CT molecular complexity index is 554. The fourth-order valence-electron chi connectivity index (χ4n) is 2.37. The molecule has 0 aliphatic carbocycles. The highest BCUT2D eigenvalue weighted by molar-refractivity contribution is 5.86. The normalized spacial score (nSPS) is 16.6. The minimum absolute atomic E-state index is 0.00503. The van der Waals surface area contributed by atoms with Crippen LogP contribution in [0.2, 0.25) is 0 Å². The predicted molar refractivity (Wildman–Crippen MR) is 88.9 cm³/mol. The van der Waals surface area contributed by atoms with Crippen molar-refractivity contribution in [2.75, 3.05) is 46.9 Å². The number of ether oxygens (including phenoxy) is 1. The standard InChI is InChI=1S/C16H24N4O3/c1-19-8-10-20(11-9-19)7-6-15(21)18-17-12-13-4-3-5-14(23-2)16(13)22/h3-5,12,22H,6-11H2,1-2H3,(H,18,21)/b17-12+. The molecule has 2 rings (SSSR count). The van der Waals surface area contributed by atoms with Crippen LogP contribution in [-0.4, -0.2) is 73.9 Å². The molecule has 1 aliphatic rings. The van der Waals surface area contributed by atoms with Gasteiger partial charge in [-0.05, 0) is 19.2 Å². The van der Waals surface area contributed by atoms with E-state index < -0.39 is 0 Å². The molecule has 0 bridgehead atoms. The molecule has 1 amide bonds. The molecule has 1 aromatic carbocycles. The summed E-state index contributed by atoms with van der Waals surface area (Å²) in [5.41, 5.74) is 2.98. The van der Waals surface area contributed by atoms with Gasteiger partial charge in [0.2, 0.25) is 5.91 Å². The van der Waals surface area contributed by atoms with Crippen LogP contribution >= 0.6 is 0 Å². The number of nitrogens with zero attached hydrogens (tertiary/aromatic N) is 3. The molecule has 23 heavy (non-hydrogen) atoms. The fourth-order valence-corrected chi connectivity index (χ4v) is 2.37. The van der Waals surface area contributed by atoms with Gasteiger partial charge in [0.1, 0.15) is 0 Å². The third kappa shape index (κ3) is 5.22. The minimum atomic E-state index is -0.137. The minimum Gasteiger partial charge on any atom is -0.504 e. The van der Waals surface area contributed by atoms with E-state index >= 15 is 0 Å². The average Bonchev–Trinajstić information content (AvgIpc) is 2.56. The first-order valence-corrected chi connectivity index (χ1v) is 7.69. The molecule has 7 heteroatoms. The van der Waals surface area contributed by atoms with Gasteiger partial charge in [0.25, 0.3) is 0 Å². The number of benzene rings is 1. The number of carbonyl (C=O) groups is 1. The first-order chi connectivity index (χ1) is 11.1. The van der Waals surface area contributed by atoms with Crippen LogP contribution in [0, 0.1) is 0 Å². The van der Waals surface area contributed by atoms with Crippen LogP contribution in [0.5, 0.6) is 11.5 Å². The van der Waals surface area contributed by atoms with Crippen LogP contribution in [0.25, 0.3) is 0 Å². The number of hydrazone groups is 1. The molecule has 0 radical (unpaired) electrons. The summed E-state index contributed by atoms with van der Waals surface area (Å²) in [6, 6.07) is 5.09. The van der Waals surface area contributed by atoms with Crippen LogP contribution in [0.4, 0.5) is 0 Å². The monoisotopic (exact) mass is 320 g/mol. The van der Waals surface area contributed by atoms with Crippen molar-refractivity contribution in [3.05, 3.63) is 23.8 Å². The lowest BCUT2D eigenvalue weighted by atomic mass is 10.2. The van der Waals surface area contributed by atoms with Crippen LogP contribution in [-0.2, 0) is 4.79 Å². The van der Waals surface area contributed by atoms with Gasteiger partial charge in [0.05, 0.1) is 13.3 Å². The van der Waals surface area contributed by atoms with Crippen molar-refractivity contribution in [3.63, 3.8) is 0 Å². The van der Waals surface area contributed by atoms with Crippen LogP contribution in [0.3, 0.4) is 0 Å². The van der Waals surface area contributed by atoms with Crippen molar-refractivity contribution in [2.24, 2.45) is 5.10 Å². The number of likely N-dealkylation sites (N-methyl/N-ethyl adjacent to an activating group) is 1. The third-order valence-electron chi connectivity index (χ3n) is 3.89. The molecule has 1 aliphatic heterocycles. The number of para-hydroxylation sites is 1. The summed E-state index contributed by atoms with van der Waals surface area (Å²) >= 11 is 0. The first-order valence-electron chi connectivity index (χ1n) is 7.69. The zero-order valence-corrected chi connectivity index (χ0v) is 13.7. The molecule has 0 aromatic heterocycles. The number of rotatable bonds is 6. The van der Waals surface area contributed by atoms with Gasteiger partial charge < -0.3 is 19.6 Å². The Kier molecular flexibility index (Phi) is 6.37. The smallest absolute Gasteiger partial charge is 0.241 e. The van der Waals surface area contributed by atoms with E-state index in [2.05, 4.69) is 27.4 Å². The van der Waals surface area contributed by atoms with E-state index in [0.717, 1.165) is 32.7 Å². The molecular weight excluding hydrogens is 296 g/mol. The Morgan fingerprint density at radius 3 is 2.83 bits per heavy atom. The molecule has 0 saturated carbocycles. The highest BCUT2D eigenvalue weighted by Crippen LogP contribution is 2.27. The number of piperazine rings is 1. The molecule has 7 nitrogen and oxygen atoms in total. The summed E-state index contributed by atoms with van der Waals surface area (Å²) in [6.45, 7) is 4.79. The van der Waals surface area contributed by atoms with Crippen molar-refractivity contribution in [2.45, 2.75) is 6.42 Å². The summed E-state index contributed by atoms with van der Waals surface area (Å²) in [4.78, 5) is 16.4. The number of carbonyl (C=O) groups excluding carboxylic acids is 1. The first kappa shape index (κ1) is 17.2. The number of phenolic OH excluding ortho intramolecular Hbond substituents is 1. The Balaban J connectivity index is 1.76. The molecule has 1 aromatic rings. The molecule has 1 fully saturated rings. The number of amides is 1. The van der Waals surface area contributed by atoms with Gasteiger partial charge in [-0.2, -0.15) is 5.10 Å². The number of hydrogen-bond acceptors (Lipinski definition) is 6. The summed E-state index contributed by atoms with van der Waals surface area (Å²) in [5.74, 6) is 0.239. The number of nitrogens with one attached hydrogen (secondary N) is 1. The maximum absolute atomic E-state index is 11.8. The van der Waals surface area contributed by atoms with Gasteiger partial charge in [-0.3, -0.25) is 4.79 Å². The largest absolute Gasteiger partial charge is 0.504 e. The summed E-state index contributed by atoms with van der Waals surface area (Å²) in [5, 5.41) is 13.8. The van der Waals surface area contributed by atoms with Crippen LogP contribution < -0.4 is 10.2 Å². The Morgan fingerprint density at radius 1 is 1.39 bits per heavy atom. The van der Waals surface area contributed by atoms with Gasteiger partial charge in [0.15, 0.2) is 11.5 Å². The van der Waals surface area contributed by atoms with E-state index in [1.165, 1.54) is 13.3 Å². The SMILES string of the molecule is COc1cccc(/C=N/NC(=O)CCN2CCN(C)CC2)c1O. The zero-order valence-electron chi connectivity index (χ0n) is 13.7. The summed E-state index contributed by atoms with van der Waals surface area (Å²) in [7, 11) is 3.59. The predicted octanol–water partition coefficient (Wildman–Crippen LogP) is 0.488. The van der Waals surface area contributed by atoms with E-state index in [-0.39, 0.29) is 11.7 Å². The lowest BCUT2D eigenvalue weighted by Crippen LogP contribution is -2.45. The van der Waals surface area contributed by atoms with E-state index in [0.29, 0.717) is 17.7 Å². The molecule has 0 spiro atoms. The van der Waals surface area contributed by atoms with Crippen LogP contribution in [0.1, 0.15) is 12.0 Å². The molecule has 1 saturated heterocycles. The maximum Gasteiger partial charge on any atom is 0.241 e. The molecular formula is C16H24N4O3. The zero-order chi connectivity index (χ0) is 16.7. The number of hydrogen-bond donors (Lipinski definition) is 2. The Hall–Kier alpha value is -2.12. The fraction of sp³-hybridized carbons (Fsp3) is 0.500. The second-order valence-corrected chi connectivity index (χ2v) is 5.59. The van der Waals surface area contributed by atoms with Gasteiger partial charge in [-0.15, -0.1) is 0 Å². The molecule has 0 unspecified atom stereocenters. The van der Waals surface area contributed by atoms with Crippen molar-refractivity contribution in [1.82, 2.24) is 15.2 Å². The quantitative estimate of drug-likeness (QED) is 0.589. The van der Waals surface area contributed by atoms with Gasteiger partial charge >= 0.3 is 0 Å².